The summed E-state index contributed by atoms with van der Waals surface area (Å²) in [7, 11) is 0. The van der Waals surface area contributed by atoms with E-state index in [4.69, 9.17) is 16.0 Å². The van der Waals surface area contributed by atoms with Crippen molar-refractivity contribution in [3.8, 4) is 0 Å². The molecule has 0 atom stereocenters. The Morgan fingerprint density at radius 2 is 1.97 bits per heavy atom. The van der Waals surface area contributed by atoms with Crippen LogP contribution in [0.1, 0.15) is 56.2 Å². The number of anilines is 1. The zero-order valence-electron chi connectivity index (χ0n) is 17.2. The van der Waals surface area contributed by atoms with E-state index in [9.17, 15) is 9.59 Å². The molecule has 0 spiro atoms. The van der Waals surface area contributed by atoms with Gasteiger partial charge in [-0.05, 0) is 62.6 Å². The molecule has 31 heavy (non-hydrogen) atoms. The molecule has 7 nitrogen and oxygen atoms in total. The van der Waals surface area contributed by atoms with Gasteiger partial charge in [-0.3, -0.25) is 9.59 Å². The van der Waals surface area contributed by atoms with Gasteiger partial charge in [-0.1, -0.05) is 17.7 Å². The van der Waals surface area contributed by atoms with Crippen molar-refractivity contribution >= 4 is 34.9 Å². The van der Waals surface area contributed by atoms with Crippen molar-refractivity contribution in [1.82, 2.24) is 10.4 Å². The van der Waals surface area contributed by atoms with Gasteiger partial charge in [0.15, 0.2) is 5.76 Å². The van der Waals surface area contributed by atoms with Crippen molar-refractivity contribution < 1.29 is 14.0 Å². The number of aryl methyl sites for hydroxylation is 2. The molecule has 2 N–H and O–H groups in total. The standard InChI is InChI=1S/C23H21ClN4O3/c1-13-9-10-25-19(11-13)26-23(30)21-14(2)20-17(7-4-8-18(20)31-21)27-28-22(29)15-5-3-6-16(24)12-15/h3,5-6,9-12H,4,7-8H2,1-2H3,(H,28,29)(H,25,26,30)/b27-17+. The number of nitrogens with one attached hydrogen (secondary N) is 2. The van der Waals surface area contributed by atoms with Crippen molar-refractivity contribution in [2.45, 2.75) is 33.1 Å². The number of benzene rings is 1. The van der Waals surface area contributed by atoms with Crippen molar-refractivity contribution in [3.05, 3.63) is 81.4 Å². The molecule has 8 heteroatoms. The van der Waals surface area contributed by atoms with Gasteiger partial charge in [0, 0.05) is 34.3 Å². The number of pyridine rings is 1. The van der Waals surface area contributed by atoms with Crippen molar-refractivity contribution in [2.24, 2.45) is 5.10 Å². The maximum atomic E-state index is 12.8. The molecule has 1 aliphatic rings. The summed E-state index contributed by atoms with van der Waals surface area (Å²) in [6.45, 7) is 3.75. The number of hydrazone groups is 1. The number of rotatable bonds is 4. The molecule has 158 valence electrons. The summed E-state index contributed by atoms with van der Waals surface area (Å²) >= 11 is 5.95. The second kappa shape index (κ2) is 8.73. The van der Waals surface area contributed by atoms with Crippen LogP contribution >= 0.6 is 11.6 Å². The molecule has 2 heterocycles. The molecular weight excluding hydrogens is 416 g/mol. The summed E-state index contributed by atoms with van der Waals surface area (Å²) in [4.78, 5) is 29.4. The second-order valence-electron chi connectivity index (χ2n) is 7.39. The Morgan fingerprint density at radius 1 is 1.13 bits per heavy atom. The Morgan fingerprint density at radius 3 is 2.74 bits per heavy atom. The summed E-state index contributed by atoms with van der Waals surface area (Å²) in [6, 6.07) is 10.3. The highest BCUT2D eigenvalue weighted by atomic mass is 35.5. The van der Waals surface area contributed by atoms with E-state index in [-0.39, 0.29) is 17.6 Å². The maximum absolute atomic E-state index is 12.8. The lowest BCUT2D eigenvalue weighted by atomic mass is 9.93. The summed E-state index contributed by atoms with van der Waals surface area (Å²) in [5.41, 5.74) is 6.15. The third-order valence-electron chi connectivity index (χ3n) is 5.07. The Kier molecular flexibility index (Phi) is 5.86. The van der Waals surface area contributed by atoms with E-state index >= 15 is 0 Å². The molecule has 4 rings (SSSR count). The predicted octanol–water partition coefficient (Wildman–Crippen LogP) is 4.67. The van der Waals surface area contributed by atoms with E-state index in [1.54, 1.807) is 36.5 Å². The van der Waals surface area contributed by atoms with Crippen LogP contribution < -0.4 is 10.7 Å². The molecule has 2 aromatic heterocycles. The summed E-state index contributed by atoms with van der Waals surface area (Å²) in [5, 5.41) is 7.58. The quantitative estimate of drug-likeness (QED) is 0.581. The highest BCUT2D eigenvalue weighted by Crippen LogP contribution is 2.30. The van der Waals surface area contributed by atoms with Crippen LogP contribution in [-0.4, -0.2) is 22.5 Å². The fraction of sp³-hybridized carbons (Fsp3) is 0.217. The molecular formula is C23H21ClN4O3. The molecule has 0 unspecified atom stereocenters. The topological polar surface area (TPSA) is 96.6 Å². The van der Waals surface area contributed by atoms with Crippen LogP contribution in [0.5, 0.6) is 0 Å². The number of fused-ring (bicyclic) bond motifs is 1. The normalized spacial score (nSPS) is 14.2. The van der Waals surface area contributed by atoms with Crippen LogP contribution in [0.2, 0.25) is 5.02 Å². The number of carbonyl (C=O) groups excluding carboxylic acids is 2. The molecule has 0 saturated carbocycles. The molecule has 2 amide bonds. The minimum atomic E-state index is -0.368. The predicted molar refractivity (Wildman–Crippen MR) is 119 cm³/mol. The van der Waals surface area contributed by atoms with Crippen molar-refractivity contribution in [1.29, 1.82) is 0 Å². The molecule has 0 radical (unpaired) electrons. The first kappa shape index (κ1) is 20.8. The van der Waals surface area contributed by atoms with E-state index < -0.39 is 0 Å². The van der Waals surface area contributed by atoms with Gasteiger partial charge in [0.2, 0.25) is 0 Å². The zero-order valence-corrected chi connectivity index (χ0v) is 17.9. The zero-order chi connectivity index (χ0) is 22.0. The van der Waals surface area contributed by atoms with Crippen LogP contribution in [0.3, 0.4) is 0 Å². The number of hydrogen-bond donors (Lipinski definition) is 2. The summed E-state index contributed by atoms with van der Waals surface area (Å²) in [5.74, 6) is 0.659. The van der Waals surface area contributed by atoms with E-state index in [1.807, 2.05) is 19.9 Å². The Hall–Kier alpha value is -3.45. The minimum Gasteiger partial charge on any atom is -0.455 e. The lowest BCUT2D eigenvalue weighted by Crippen LogP contribution is -2.22. The first-order valence-electron chi connectivity index (χ1n) is 9.91. The number of nitrogens with zero attached hydrogens (tertiary/aromatic N) is 2. The van der Waals surface area contributed by atoms with Crippen LogP contribution in [0.4, 0.5) is 5.82 Å². The molecule has 0 aliphatic heterocycles. The molecule has 1 aliphatic carbocycles. The highest BCUT2D eigenvalue weighted by Gasteiger charge is 2.28. The molecule has 1 aromatic carbocycles. The fourth-order valence-corrected chi connectivity index (χ4v) is 3.78. The van der Waals surface area contributed by atoms with Crippen LogP contribution in [-0.2, 0) is 6.42 Å². The smallest absolute Gasteiger partial charge is 0.292 e. The largest absolute Gasteiger partial charge is 0.455 e. The van der Waals surface area contributed by atoms with Gasteiger partial charge in [-0.25, -0.2) is 10.4 Å². The van der Waals surface area contributed by atoms with Gasteiger partial charge in [-0.2, -0.15) is 5.10 Å². The SMILES string of the molecule is Cc1ccnc(NC(=O)c2oc3c(c2C)/C(=N/NC(=O)c2cccc(Cl)c2)CCC3)c1. The number of furan rings is 1. The minimum absolute atomic E-state index is 0.226. The Labute approximate surface area is 184 Å². The Balaban J connectivity index is 1.57. The van der Waals surface area contributed by atoms with Gasteiger partial charge in [0.05, 0.1) is 5.71 Å². The first-order valence-corrected chi connectivity index (χ1v) is 10.3. The Bertz CT molecular complexity index is 1200. The lowest BCUT2D eigenvalue weighted by Gasteiger charge is -2.13. The van der Waals surface area contributed by atoms with Gasteiger partial charge >= 0.3 is 0 Å². The highest BCUT2D eigenvalue weighted by molar-refractivity contribution is 6.31. The first-order chi connectivity index (χ1) is 14.9. The van der Waals surface area contributed by atoms with Crippen molar-refractivity contribution in [3.63, 3.8) is 0 Å². The molecule has 0 fully saturated rings. The summed E-state index contributed by atoms with van der Waals surface area (Å²) < 4.78 is 5.89. The number of hydrogen-bond acceptors (Lipinski definition) is 5. The van der Waals surface area contributed by atoms with E-state index in [0.717, 1.165) is 17.5 Å². The fourth-order valence-electron chi connectivity index (χ4n) is 3.59. The molecule has 0 bridgehead atoms. The van der Waals surface area contributed by atoms with E-state index in [0.29, 0.717) is 46.3 Å². The number of halogens is 1. The average Bonchev–Trinajstić information content (AvgIpc) is 3.09. The second-order valence-corrected chi connectivity index (χ2v) is 7.83. The van der Waals surface area contributed by atoms with Crippen LogP contribution in [0.15, 0.2) is 52.1 Å². The summed E-state index contributed by atoms with van der Waals surface area (Å²) in [6.07, 6.45) is 3.82. The van der Waals surface area contributed by atoms with Gasteiger partial charge in [0.1, 0.15) is 11.6 Å². The van der Waals surface area contributed by atoms with Crippen LogP contribution in [0, 0.1) is 13.8 Å². The molecule has 3 aromatic rings. The lowest BCUT2D eigenvalue weighted by molar-refractivity contribution is 0.0953. The van der Waals surface area contributed by atoms with Gasteiger partial charge < -0.3 is 9.73 Å². The van der Waals surface area contributed by atoms with E-state index in [1.165, 1.54) is 0 Å². The van der Waals surface area contributed by atoms with Crippen LogP contribution in [0.25, 0.3) is 0 Å². The number of amides is 2. The average molecular weight is 437 g/mol. The number of carbonyl (C=O) groups is 2. The maximum Gasteiger partial charge on any atom is 0.292 e. The van der Waals surface area contributed by atoms with Gasteiger partial charge in [-0.15, -0.1) is 0 Å². The number of aromatic nitrogens is 1. The van der Waals surface area contributed by atoms with Gasteiger partial charge in [0.25, 0.3) is 11.8 Å². The third-order valence-corrected chi connectivity index (χ3v) is 5.30. The van der Waals surface area contributed by atoms with Crippen molar-refractivity contribution in [2.75, 3.05) is 5.32 Å². The molecule has 0 saturated heterocycles. The van der Waals surface area contributed by atoms with E-state index in [2.05, 4.69) is 20.8 Å². The third kappa shape index (κ3) is 4.51. The monoisotopic (exact) mass is 436 g/mol.